The van der Waals surface area contributed by atoms with E-state index in [2.05, 4.69) is 11.8 Å². The van der Waals surface area contributed by atoms with Gasteiger partial charge in [-0.05, 0) is 18.9 Å². The van der Waals surface area contributed by atoms with Gasteiger partial charge in [0.2, 0.25) is 0 Å². The third kappa shape index (κ3) is 3.71. The fourth-order valence-corrected chi connectivity index (χ4v) is 2.60. The zero-order chi connectivity index (χ0) is 13.7. The molecule has 0 aliphatic heterocycles. The van der Waals surface area contributed by atoms with Gasteiger partial charge in [-0.1, -0.05) is 55.2 Å². The molecule has 1 fully saturated rings. The van der Waals surface area contributed by atoms with Gasteiger partial charge in [0, 0.05) is 12.0 Å². The fraction of sp³-hybridized carbons (Fsp3) is 0.467. The lowest BCUT2D eigenvalue weighted by atomic mass is 10.0. The molecule has 1 saturated carbocycles. The van der Waals surface area contributed by atoms with Gasteiger partial charge in [0.05, 0.1) is 9.95 Å². The summed E-state index contributed by atoms with van der Waals surface area (Å²) in [6.45, 7) is 0. The van der Waals surface area contributed by atoms with Crippen LogP contribution in [0.2, 0.25) is 5.02 Å². The Balaban J connectivity index is 2.25. The summed E-state index contributed by atoms with van der Waals surface area (Å²) in [5, 5.41) is 11.3. The van der Waals surface area contributed by atoms with E-state index in [0.29, 0.717) is 16.5 Å². The molecule has 0 unspecified atom stereocenters. The Labute approximate surface area is 118 Å². The van der Waals surface area contributed by atoms with Crippen LogP contribution in [-0.2, 0) is 0 Å². The van der Waals surface area contributed by atoms with Gasteiger partial charge < -0.3 is 0 Å². The summed E-state index contributed by atoms with van der Waals surface area (Å²) >= 11 is 6.02. The third-order valence-corrected chi connectivity index (χ3v) is 3.76. The summed E-state index contributed by atoms with van der Waals surface area (Å²) in [5.41, 5.74) is 0.340. The first kappa shape index (κ1) is 13.9. The predicted molar refractivity (Wildman–Crippen MR) is 76.2 cm³/mol. The first-order valence-corrected chi connectivity index (χ1v) is 7.00. The second-order valence-electron chi connectivity index (χ2n) is 4.85. The van der Waals surface area contributed by atoms with Crippen LogP contribution in [0.25, 0.3) is 0 Å². The van der Waals surface area contributed by atoms with Crippen molar-refractivity contribution in [3.05, 3.63) is 38.9 Å². The molecule has 0 heterocycles. The molecule has 0 amide bonds. The van der Waals surface area contributed by atoms with Gasteiger partial charge in [0.25, 0.3) is 5.69 Å². The van der Waals surface area contributed by atoms with Crippen molar-refractivity contribution in [1.82, 2.24) is 0 Å². The number of nitro benzene ring substituents is 1. The Morgan fingerprint density at radius 1 is 1.21 bits per heavy atom. The lowest BCUT2D eigenvalue weighted by molar-refractivity contribution is -0.385. The zero-order valence-electron chi connectivity index (χ0n) is 10.7. The van der Waals surface area contributed by atoms with E-state index in [4.69, 9.17) is 11.6 Å². The summed E-state index contributed by atoms with van der Waals surface area (Å²) < 4.78 is 0. The van der Waals surface area contributed by atoms with E-state index in [1.54, 1.807) is 12.1 Å². The highest BCUT2D eigenvalue weighted by Gasteiger charge is 2.15. The smallest absolute Gasteiger partial charge is 0.258 e. The summed E-state index contributed by atoms with van der Waals surface area (Å²) in [7, 11) is 0. The molecular weight excluding hydrogens is 262 g/mol. The Morgan fingerprint density at radius 2 is 1.89 bits per heavy atom. The van der Waals surface area contributed by atoms with Crippen LogP contribution in [0, 0.1) is 27.9 Å². The van der Waals surface area contributed by atoms with E-state index in [0.717, 1.165) is 12.8 Å². The molecule has 4 heteroatoms. The van der Waals surface area contributed by atoms with Crippen molar-refractivity contribution < 1.29 is 4.92 Å². The Kier molecular flexibility index (Phi) is 4.81. The maximum atomic E-state index is 11.0. The Bertz CT molecular complexity index is 523. The summed E-state index contributed by atoms with van der Waals surface area (Å²) in [6, 6.07) is 4.67. The van der Waals surface area contributed by atoms with E-state index in [9.17, 15) is 10.1 Å². The number of hydrogen-bond acceptors (Lipinski definition) is 2. The zero-order valence-corrected chi connectivity index (χ0v) is 11.4. The minimum atomic E-state index is -0.428. The largest absolute Gasteiger partial charge is 0.286 e. The molecule has 3 nitrogen and oxygen atoms in total. The van der Waals surface area contributed by atoms with E-state index >= 15 is 0 Å². The highest BCUT2D eigenvalue weighted by atomic mass is 35.5. The monoisotopic (exact) mass is 277 g/mol. The lowest BCUT2D eigenvalue weighted by Crippen LogP contribution is -1.96. The van der Waals surface area contributed by atoms with Gasteiger partial charge in [0.1, 0.15) is 5.56 Å². The topological polar surface area (TPSA) is 43.1 Å². The lowest BCUT2D eigenvalue weighted by Gasteiger charge is -2.04. The number of benzene rings is 1. The number of rotatable bonds is 1. The highest BCUT2D eigenvalue weighted by molar-refractivity contribution is 6.32. The molecule has 2 rings (SSSR count). The molecule has 0 atom stereocenters. The molecule has 0 bridgehead atoms. The number of halogens is 1. The van der Waals surface area contributed by atoms with Gasteiger partial charge in [-0.25, -0.2) is 0 Å². The van der Waals surface area contributed by atoms with Crippen LogP contribution in [-0.4, -0.2) is 4.92 Å². The van der Waals surface area contributed by atoms with Gasteiger partial charge in [-0.2, -0.15) is 0 Å². The molecule has 1 aromatic rings. The normalized spacial score (nSPS) is 16.3. The van der Waals surface area contributed by atoms with Crippen molar-refractivity contribution in [2.24, 2.45) is 5.92 Å². The molecule has 19 heavy (non-hydrogen) atoms. The summed E-state index contributed by atoms with van der Waals surface area (Å²) in [6.07, 6.45) is 7.11. The van der Waals surface area contributed by atoms with Gasteiger partial charge in [0.15, 0.2) is 0 Å². The molecule has 0 saturated heterocycles. The van der Waals surface area contributed by atoms with Gasteiger partial charge in [-0.3, -0.25) is 10.1 Å². The highest BCUT2D eigenvalue weighted by Crippen LogP contribution is 2.26. The maximum Gasteiger partial charge on any atom is 0.286 e. The molecule has 0 radical (unpaired) electrons. The van der Waals surface area contributed by atoms with Crippen LogP contribution in [0.5, 0.6) is 0 Å². The van der Waals surface area contributed by atoms with Crippen molar-refractivity contribution in [3.63, 3.8) is 0 Å². The number of nitro groups is 1. The van der Waals surface area contributed by atoms with E-state index < -0.39 is 4.92 Å². The predicted octanol–water partition coefficient (Wildman–Crippen LogP) is 4.57. The Hall–Kier alpha value is -1.53. The molecule has 1 aliphatic carbocycles. The second-order valence-corrected chi connectivity index (χ2v) is 5.26. The summed E-state index contributed by atoms with van der Waals surface area (Å²) in [5.74, 6) is 6.46. The van der Waals surface area contributed by atoms with Gasteiger partial charge >= 0.3 is 0 Å². The van der Waals surface area contributed by atoms with Crippen molar-refractivity contribution in [2.75, 3.05) is 0 Å². The minimum absolute atomic E-state index is 0.00591. The minimum Gasteiger partial charge on any atom is -0.258 e. The summed E-state index contributed by atoms with van der Waals surface area (Å²) in [4.78, 5) is 10.5. The first-order chi connectivity index (χ1) is 9.18. The number of nitrogens with zero attached hydrogens (tertiary/aromatic N) is 1. The molecule has 0 N–H and O–H groups in total. The second kappa shape index (κ2) is 6.58. The SMILES string of the molecule is O=[N+]([O-])c1cccc(Cl)c1C#CC1CCCCCC1. The van der Waals surface area contributed by atoms with E-state index in [1.165, 1.54) is 31.7 Å². The molecular formula is C15H16ClNO2. The van der Waals surface area contributed by atoms with Crippen LogP contribution in [0.3, 0.4) is 0 Å². The third-order valence-electron chi connectivity index (χ3n) is 3.44. The maximum absolute atomic E-state index is 11.0. The van der Waals surface area contributed by atoms with Crippen LogP contribution >= 0.6 is 11.6 Å². The van der Waals surface area contributed by atoms with Crippen LogP contribution < -0.4 is 0 Å². The Morgan fingerprint density at radius 3 is 2.53 bits per heavy atom. The van der Waals surface area contributed by atoms with Crippen LogP contribution in [0.4, 0.5) is 5.69 Å². The van der Waals surface area contributed by atoms with Crippen molar-refractivity contribution >= 4 is 17.3 Å². The van der Waals surface area contributed by atoms with E-state index in [-0.39, 0.29) is 5.69 Å². The van der Waals surface area contributed by atoms with Gasteiger partial charge in [-0.15, -0.1) is 0 Å². The standard InChI is InChI=1S/C15H16ClNO2/c16-14-8-5-9-15(17(18)19)13(14)11-10-12-6-3-1-2-4-7-12/h5,8-9,12H,1-4,6-7H2. The molecule has 1 aromatic carbocycles. The average Bonchev–Trinajstić information content (AvgIpc) is 2.65. The molecule has 100 valence electrons. The van der Waals surface area contributed by atoms with Crippen molar-refractivity contribution in [2.45, 2.75) is 38.5 Å². The molecule has 1 aliphatic rings. The van der Waals surface area contributed by atoms with Crippen molar-refractivity contribution in [1.29, 1.82) is 0 Å². The number of hydrogen-bond donors (Lipinski definition) is 0. The van der Waals surface area contributed by atoms with E-state index in [1.807, 2.05) is 0 Å². The molecule has 0 aromatic heterocycles. The van der Waals surface area contributed by atoms with Crippen molar-refractivity contribution in [3.8, 4) is 11.8 Å². The average molecular weight is 278 g/mol. The van der Waals surface area contributed by atoms with Crippen LogP contribution in [0.15, 0.2) is 18.2 Å². The fourth-order valence-electron chi connectivity index (χ4n) is 2.39. The van der Waals surface area contributed by atoms with Crippen LogP contribution in [0.1, 0.15) is 44.1 Å². The quantitative estimate of drug-likeness (QED) is 0.327. The first-order valence-electron chi connectivity index (χ1n) is 6.63. The molecule has 0 spiro atoms.